The first kappa shape index (κ1) is 13.3. The SMILES string of the molecule is O=C1CC(Br)CN1c1cc(C(F)(F)F)ccc1F. The lowest BCUT2D eigenvalue weighted by Gasteiger charge is -2.18. The molecule has 2 rings (SSSR count). The zero-order chi connectivity index (χ0) is 13.5. The molecule has 18 heavy (non-hydrogen) atoms. The highest BCUT2D eigenvalue weighted by Crippen LogP contribution is 2.34. The molecule has 0 saturated carbocycles. The Morgan fingerprint density at radius 2 is 2.00 bits per heavy atom. The molecule has 1 unspecified atom stereocenters. The molecule has 1 aliphatic heterocycles. The van der Waals surface area contributed by atoms with Gasteiger partial charge in [0.2, 0.25) is 5.91 Å². The van der Waals surface area contributed by atoms with Gasteiger partial charge in [-0.15, -0.1) is 0 Å². The van der Waals surface area contributed by atoms with Crippen molar-refractivity contribution in [1.82, 2.24) is 0 Å². The zero-order valence-electron chi connectivity index (χ0n) is 8.97. The van der Waals surface area contributed by atoms with E-state index in [1.165, 1.54) is 0 Å². The molecule has 0 radical (unpaired) electrons. The van der Waals surface area contributed by atoms with Crippen molar-refractivity contribution in [2.45, 2.75) is 17.4 Å². The number of hydrogen-bond donors (Lipinski definition) is 0. The van der Waals surface area contributed by atoms with Gasteiger partial charge in [0, 0.05) is 17.8 Å². The lowest BCUT2D eigenvalue weighted by atomic mass is 10.1. The van der Waals surface area contributed by atoms with E-state index in [9.17, 15) is 22.4 Å². The normalized spacial score (nSPS) is 20.6. The van der Waals surface area contributed by atoms with E-state index >= 15 is 0 Å². The quantitative estimate of drug-likeness (QED) is 0.573. The summed E-state index contributed by atoms with van der Waals surface area (Å²) in [5, 5.41) is 0. The molecule has 1 atom stereocenters. The van der Waals surface area contributed by atoms with Gasteiger partial charge in [0.15, 0.2) is 0 Å². The van der Waals surface area contributed by atoms with Crippen LogP contribution in [0.3, 0.4) is 0 Å². The summed E-state index contributed by atoms with van der Waals surface area (Å²) in [5.41, 5.74) is -1.29. The molecule has 1 saturated heterocycles. The lowest BCUT2D eigenvalue weighted by molar-refractivity contribution is -0.137. The zero-order valence-corrected chi connectivity index (χ0v) is 10.6. The number of nitrogens with zero attached hydrogens (tertiary/aromatic N) is 1. The van der Waals surface area contributed by atoms with Crippen molar-refractivity contribution in [3.8, 4) is 0 Å². The molecule has 0 spiro atoms. The number of alkyl halides is 4. The minimum absolute atomic E-state index is 0.148. The summed E-state index contributed by atoms with van der Waals surface area (Å²) in [6.45, 7) is 0.164. The molecule has 0 aliphatic carbocycles. The van der Waals surface area contributed by atoms with Gasteiger partial charge in [-0.25, -0.2) is 4.39 Å². The van der Waals surface area contributed by atoms with Crippen LogP contribution in [0.5, 0.6) is 0 Å². The third kappa shape index (κ3) is 2.50. The minimum Gasteiger partial charge on any atom is -0.308 e. The van der Waals surface area contributed by atoms with E-state index < -0.39 is 23.5 Å². The van der Waals surface area contributed by atoms with Crippen molar-refractivity contribution >= 4 is 27.5 Å². The molecule has 1 aliphatic rings. The predicted octanol–water partition coefficient (Wildman–Crippen LogP) is 3.34. The molecular formula is C11H8BrF4NO. The summed E-state index contributed by atoms with van der Waals surface area (Å²) in [6.07, 6.45) is -4.41. The Morgan fingerprint density at radius 3 is 2.50 bits per heavy atom. The Labute approximate surface area is 109 Å². The minimum atomic E-state index is -4.56. The molecule has 2 nitrogen and oxygen atoms in total. The molecular weight excluding hydrogens is 318 g/mol. The van der Waals surface area contributed by atoms with Crippen LogP contribution in [0.2, 0.25) is 0 Å². The maximum atomic E-state index is 13.5. The molecule has 1 fully saturated rings. The fraction of sp³-hybridized carbons (Fsp3) is 0.364. The van der Waals surface area contributed by atoms with Crippen molar-refractivity contribution in [3.05, 3.63) is 29.6 Å². The van der Waals surface area contributed by atoms with E-state index in [4.69, 9.17) is 0 Å². The van der Waals surface area contributed by atoms with Crippen LogP contribution >= 0.6 is 15.9 Å². The second-order valence-electron chi connectivity index (χ2n) is 3.97. The van der Waals surface area contributed by atoms with Crippen molar-refractivity contribution in [2.75, 3.05) is 11.4 Å². The second-order valence-corrected chi connectivity index (χ2v) is 5.26. The average molecular weight is 326 g/mol. The molecule has 1 amide bonds. The highest BCUT2D eigenvalue weighted by Gasteiger charge is 2.35. The van der Waals surface area contributed by atoms with Crippen LogP contribution in [0, 0.1) is 5.82 Å². The van der Waals surface area contributed by atoms with Crippen LogP contribution in [0.15, 0.2) is 18.2 Å². The molecule has 0 aromatic heterocycles. The number of halogens is 5. The number of rotatable bonds is 1. The average Bonchev–Trinajstić information content (AvgIpc) is 2.56. The number of anilines is 1. The third-order valence-corrected chi connectivity index (χ3v) is 3.26. The van der Waals surface area contributed by atoms with Gasteiger partial charge >= 0.3 is 6.18 Å². The number of carbonyl (C=O) groups excluding carboxylic acids is 1. The van der Waals surface area contributed by atoms with Crippen LogP contribution < -0.4 is 4.90 Å². The molecule has 1 heterocycles. The highest BCUT2D eigenvalue weighted by atomic mass is 79.9. The summed E-state index contributed by atoms with van der Waals surface area (Å²) in [4.78, 5) is 12.4. The Balaban J connectivity index is 2.41. The third-order valence-electron chi connectivity index (χ3n) is 2.64. The molecule has 1 aromatic carbocycles. The van der Waals surface area contributed by atoms with Crippen molar-refractivity contribution in [1.29, 1.82) is 0 Å². The van der Waals surface area contributed by atoms with E-state index in [1.807, 2.05) is 0 Å². The topological polar surface area (TPSA) is 20.3 Å². The highest BCUT2D eigenvalue weighted by molar-refractivity contribution is 9.09. The summed E-state index contributed by atoms with van der Waals surface area (Å²) in [6, 6.07) is 2.05. The summed E-state index contributed by atoms with van der Waals surface area (Å²) in [5.74, 6) is -1.23. The van der Waals surface area contributed by atoms with Gasteiger partial charge in [0.25, 0.3) is 0 Å². The van der Waals surface area contributed by atoms with E-state index in [2.05, 4.69) is 15.9 Å². The first-order valence-corrected chi connectivity index (χ1v) is 6.02. The Hall–Kier alpha value is -1.11. The van der Waals surface area contributed by atoms with E-state index in [1.54, 1.807) is 0 Å². The van der Waals surface area contributed by atoms with Gasteiger partial charge in [-0.2, -0.15) is 13.2 Å². The maximum absolute atomic E-state index is 13.5. The monoisotopic (exact) mass is 325 g/mol. The fourth-order valence-corrected chi connectivity index (χ4v) is 2.36. The van der Waals surface area contributed by atoms with E-state index in [0.29, 0.717) is 12.1 Å². The van der Waals surface area contributed by atoms with Gasteiger partial charge in [-0.3, -0.25) is 4.79 Å². The van der Waals surface area contributed by atoms with Crippen LogP contribution in [0.4, 0.5) is 23.2 Å². The Kier molecular flexibility index (Phi) is 3.35. The summed E-state index contributed by atoms with van der Waals surface area (Å²) in [7, 11) is 0. The molecule has 0 bridgehead atoms. The fourth-order valence-electron chi connectivity index (χ4n) is 1.79. The first-order valence-electron chi connectivity index (χ1n) is 5.10. The van der Waals surface area contributed by atoms with Crippen molar-refractivity contribution in [3.63, 3.8) is 0 Å². The van der Waals surface area contributed by atoms with Crippen LogP contribution in [0.1, 0.15) is 12.0 Å². The van der Waals surface area contributed by atoms with Gasteiger partial charge in [-0.05, 0) is 18.2 Å². The number of benzene rings is 1. The van der Waals surface area contributed by atoms with Gasteiger partial charge in [-0.1, -0.05) is 15.9 Å². The molecule has 1 aromatic rings. The number of amides is 1. The van der Waals surface area contributed by atoms with E-state index in [-0.39, 0.29) is 23.5 Å². The van der Waals surface area contributed by atoms with E-state index in [0.717, 1.165) is 11.0 Å². The van der Waals surface area contributed by atoms with Crippen molar-refractivity contribution < 1.29 is 22.4 Å². The Bertz CT molecular complexity index is 488. The maximum Gasteiger partial charge on any atom is 0.416 e. The standard InChI is InChI=1S/C11H8BrF4NO/c12-7-4-10(18)17(5-7)9-3-6(11(14,15)16)1-2-8(9)13/h1-3,7H,4-5H2. The number of carbonyl (C=O) groups is 1. The second kappa shape index (κ2) is 4.53. The van der Waals surface area contributed by atoms with Gasteiger partial charge < -0.3 is 4.90 Å². The summed E-state index contributed by atoms with van der Waals surface area (Å²) < 4.78 is 51.1. The van der Waals surface area contributed by atoms with Gasteiger partial charge in [0.1, 0.15) is 5.82 Å². The summed E-state index contributed by atoms with van der Waals surface area (Å²) >= 11 is 3.19. The van der Waals surface area contributed by atoms with Gasteiger partial charge in [0.05, 0.1) is 11.3 Å². The number of hydrogen-bond acceptors (Lipinski definition) is 1. The van der Waals surface area contributed by atoms with Crippen LogP contribution in [0.25, 0.3) is 0 Å². The largest absolute Gasteiger partial charge is 0.416 e. The van der Waals surface area contributed by atoms with Crippen LogP contribution in [-0.2, 0) is 11.0 Å². The smallest absolute Gasteiger partial charge is 0.308 e. The Morgan fingerprint density at radius 1 is 1.33 bits per heavy atom. The molecule has 0 N–H and O–H groups in total. The first-order chi connectivity index (χ1) is 8.29. The lowest BCUT2D eigenvalue weighted by Crippen LogP contribution is -2.26. The predicted molar refractivity (Wildman–Crippen MR) is 61.1 cm³/mol. The van der Waals surface area contributed by atoms with Crippen LogP contribution in [-0.4, -0.2) is 17.3 Å². The molecule has 98 valence electrons. The van der Waals surface area contributed by atoms with Crippen molar-refractivity contribution in [2.24, 2.45) is 0 Å². The molecule has 7 heteroatoms.